The highest BCUT2D eigenvalue weighted by molar-refractivity contribution is 5.68. The fourth-order valence-corrected chi connectivity index (χ4v) is 2.64. The maximum Gasteiger partial charge on any atom is 0.158 e. The standard InChI is InChI=1S/C16H26N2O.9CH4.HI/c1-6-9-19-14-7-8-15-16(10-14)18(13(4)5)11-17(15)12(2)3;;;;;;;;;;/h7-8,10,12-13H,6,9,11H2,1-5H3;9*1H4;1H. The van der Waals surface area contributed by atoms with Gasteiger partial charge >= 0.3 is 0 Å². The first-order valence-corrected chi connectivity index (χ1v) is 7.44. The van der Waals surface area contributed by atoms with Crippen molar-refractivity contribution in [3.05, 3.63) is 18.2 Å². The second-order valence-corrected chi connectivity index (χ2v) is 5.93. The zero-order valence-electron chi connectivity index (χ0n) is 13.2. The SMILES string of the molecule is C.C.C.C.C.C.C.C.C.CCCOc1ccc2c(c1)N(C(C)C)C[NH+]2C(C)C.[I-]. The molecule has 1 N–H and O–H groups in total. The van der Waals surface area contributed by atoms with Gasteiger partial charge in [-0.05, 0) is 40.2 Å². The molecule has 29 heavy (non-hydrogen) atoms. The predicted octanol–water partition coefficient (Wildman–Crippen LogP) is 5.32. The van der Waals surface area contributed by atoms with E-state index in [0.717, 1.165) is 25.4 Å². The van der Waals surface area contributed by atoms with Crippen LogP contribution < -0.4 is 38.5 Å². The molecular formula is C25H63IN2O. The Balaban J connectivity index is -0.0000000571. The van der Waals surface area contributed by atoms with Gasteiger partial charge in [0.15, 0.2) is 12.4 Å². The summed E-state index contributed by atoms with van der Waals surface area (Å²) in [4.78, 5) is 4.02. The molecule has 1 aromatic rings. The number of hydrogen-bond donors (Lipinski definition) is 1. The van der Waals surface area contributed by atoms with Gasteiger partial charge in [0.25, 0.3) is 0 Å². The number of rotatable bonds is 5. The van der Waals surface area contributed by atoms with Gasteiger partial charge in [0.05, 0.1) is 12.6 Å². The third kappa shape index (κ3) is 13.4. The molecule has 0 amide bonds. The Bertz CT molecular complexity index is 437. The van der Waals surface area contributed by atoms with Crippen molar-refractivity contribution < 1.29 is 33.6 Å². The monoisotopic (exact) mass is 534 g/mol. The van der Waals surface area contributed by atoms with Crippen LogP contribution in [-0.2, 0) is 0 Å². The molecule has 1 aliphatic rings. The summed E-state index contributed by atoms with van der Waals surface area (Å²) in [6.07, 6.45) is 1.05. The molecule has 0 spiro atoms. The number of anilines is 1. The van der Waals surface area contributed by atoms with Crippen molar-refractivity contribution in [2.24, 2.45) is 0 Å². The normalized spacial score (nSPS) is 12.0. The Morgan fingerprint density at radius 3 is 1.76 bits per heavy atom. The van der Waals surface area contributed by atoms with Gasteiger partial charge < -0.3 is 33.6 Å². The average molecular weight is 535 g/mol. The molecule has 2 rings (SSSR count). The second-order valence-electron chi connectivity index (χ2n) is 5.93. The van der Waals surface area contributed by atoms with E-state index in [1.54, 1.807) is 4.90 Å². The zero-order chi connectivity index (χ0) is 14.0. The fraction of sp³-hybridized carbons (Fsp3) is 0.760. The van der Waals surface area contributed by atoms with Crippen LogP contribution >= 0.6 is 0 Å². The van der Waals surface area contributed by atoms with Gasteiger partial charge in [-0.3, -0.25) is 4.90 Å². The molecule has 1 atom stereocenters. The first-order chi connectivity index (χ1) is 9.04. The van der Waals surface area contributed by atoms with E-state index >= 15 is 0 Å². The number of quaternary nitrogens is 1. The first kappa shape index (κ1) is 56.7. The summed E-state index contributed by atoms with van der Waals surface area (Å²) in [6.45, 7) is 13.1. The third-order valence-electron chi connectivity index (χ3n) is 3.76. The number of ether oxygens (including phenoxy) is 1. The Hall–Kier alpha value is -0.490. The minimum absolute atomic E-state index is 0. The van der Waals surface area contributed by atoms with Crippen molar-refractivity contribution in [2.45, 2.75) is 120 Å². The number of fused-ring (bicyclic) bond motifs is 1. The van der Waals surface area contributed by atoms with Crippen molar-refractivity contribution in [3.8, 4) is 5.75 Å². The Labute approximate surface area is 206 Å². The molecule has 0 radical (unpaired) electrons. The van der Waals surface area contributed by atoms with E-state index in [1.165, 1.54) is 11.4 Å². The molecule has 0 fully saturated rings. The Morgan fingerprint density at radius 1 is 0.897 bits per heavy atom. The number of hydrogen-bond acceptors (Lipinski definition) is 2. The van der Waals surface area contributed by atoms with Crippen molar-refractivity contribution in [2.75, 3.05) is 18.2 Å². The van der Waals surface area contributed by atoms with E-state index in [4.69, 9.17) is 4.74 Å². The van der Waals surface area contributed by atoms with Gasteiger partial charge in [-0.25, -0.2) is 0 Å². The van der Waals surface area contributed by atoms with Gasteiger partial charge in [0.2, 0.25) is 0 Å². The van der Waals surface area contributed by atoms with Crippen molar-refractivity contribution in [3.63, 3.8) is 0 Å². The Kier molecular flexibility index (Phi) is 49.9. The van der Waals surface area contributed by atoms with Crippen molar-refractivity contribution >= 4 is 11.4 Å². The number of benzene rings is 1. The lowest BCUT2D eigenvalue weighted by Gasteiger charge is -2.23. The minimum Gasteiger partial charge on any atom is -1.00 e. The maximum atomic E-state index is 5.77. The predicted molar refractivity (Wildman–Crippen MR) is 141 cm³/mol. The van der Waals surface area contributed by atoms with Crippen LogP contribution in [0.15, 0.2) is 18.2 Å². The van der Waals surface area contributed by atoms with Crippen molar-refractivity contribution in [1.82, 2.24) is 0 Å². The number of nitrogens with zero attached hydrogens (tertiary/aromatic N) is 1. The van der Waals surface area contributed by atoms with Crippen LogP contribution in [0.5, 0.6) is 5.75 Å². The van der Waals surface area contributed by atoms with Crippen LogP contribution in [0.3, 0.4) is 0 Å². The molecule has 3 nitrogen and oxygen atoms in total. The summed E-state index contributed by atoms with van der Waals surface area (Å²) in [5, 5.41) is 0. The average Bonchev–Trinajstić information content (AvgIpc) is 2.75. The lowest BCUT2D eigenvalue weighted by atomic mass is 10.2. The van der Waals surface area contributed by atoms with Crippen molar-refractivity contribution in [1.29, 1.82) is 0 Å². The molecule has 186 valence electrons. The molecule has 0 aromatic heterocycles. The quantitative estimate of drug-likeness (QED) is 0.516. The number of halogens is 1. The third-order valence-corrected chi connectivity index (χ3v) is 3.76. The minimum atomic E-state index is 0. The highest BCUT2D eigenvalue weighted by atomic mass is 127. The molecule has 0 aliphatic carbocycles. The van der Waals surface area contributed by atoms with Gasteiger partial charge in [-0.2, -0.15) is 0 Å². The van der Waals surface area contributed by atoms with Gasteiger partial charge in [-0.15, -0.1) is 0 Å². The zero-order valence-corrected chi connectivity index (χ0v) is 15.4. The summed E-state index contributed by atoms with van der Waals surface area (Å²) in [5.74, 6) is 0.997. The number of nitrogens with one attached hydrogen (secondary N) is 1. The topological polar surface area (TPSA) is 16.9 Å². The lowest BCUT2D eigenvalue weighted by Crippen LogP contribution is -3.10. The summed E-state index contributed by atoms with van der Waals surface area (Å²) in [5.41, 5.74) is 2.75. The summed E-state index contributed by atoms with van der Waals surface area (Å²) < 4.78 is 5.77. The molecule has 1 aliphatic heterocycles. The summed E-state index contributed by atoms with van der Waals surface area (Å²) in [7, 11) is 0. The molecule has 1 unspecified atom stereocenters. The van der Waals surface area contributed by atoms with Crippen LogP contribution in [0.4, 0.5) is 11.4 Å². The molecule has 1 aromatic carbocycles. The lowest BCUT2D eigenvalue weighted by molar-refractivity contribution is -0.849. The van der Waals surface area contributed by atoms with E-state index in [9.17, 15) is 0 Å². The Morgan fingerprint density at radius 2 is 1.38 bits per heavy atom. The molecule has 0 saturated carbocycles. The van der Waals surface area contributed by atoms with E-state index in [1.807, 2.05) is 0 Å². The van der Waals surface area contributed by atoms with Gasteiger partial charge in [0, 0.05) is 18.2 Å². The van der Waals surface area contributed by atoms with Crippen LogP contribution in [0, 0.1) is 0 Å². The summed E-state index contributed by atoms with van der Waals surface area (Å²) in [6, 6.07) is 7.68. The van der Waals surface area contributed by atoms with E-state index in [0.29, 0.717) is 12.1 Å². The van der Waals surface area contributed by atoms with E-state index in [2.05, 4.69) is 57.7 Å². The molecule has 0 bridgehead atoms. The van der Waals surface area contributed by atoms with E-state index < -0.39 is 0 Å². The highest BCUT2D eigenvalue weighted by Gasteiger charge is 2.34. The largest absolute Gasteiger partial charge is 1.00 e. The van der Waals surface area contributed by atoms with E-state index in [-0.39, 0.29) is 90.8 Å². The summed E-state index contributed by atoms with van der Waals surface area (Å²) >= 11 is 0. The molecule has 4 heteroatoms. The fourth-order valence-electron chi connectivity index (χ4n) is 2.64. The molecule has 1 heterocycles. The van der Waals surface area contributed by atoms with Crippen LogP contribution in [0.1, 0.15) is 108 Å². The molecular weight excluding hydrogens is 471 g/mol. The van der Waals surface area contributed by atoms with Crippen LogP contribution in [-0.4, -0.2) is 25.4 Å². The highest BCUT2D eigenvalue weighted by Crippen LogP contribution is 2.32. The smallest absolute Gasteiger partial charge is 0.158 e. The second kappa shape index (κ2) is 25.5. The van der Waals surface area contributed by atoms with Crippen LogP contribution in [0.25, 0.3) is 0 Å². The first-order valence-electron chi connectivity index (χ1n) is 7.44. The van der Waals surface area contributed by atoms with Crippen LogP contribution in [0.2, 0.25) is 0 Å². The van der Waals surface area contributed by atoms with Gasteiger partial charge in [0.1, 0.15) is 11.4 Å². The molecule has 0 saturated heterocycles. The van der Waals surface area contributed by atoms with Gasteiger partial charge in [-0.1, -0.05) is 73.8 Å². The maximum absolute atomic E-state index is 5.77.